The van der Waals surface area contributed by atoms with Crippen LogP contribution in [0.2, 0.25) is 5.02 Å². The molecule has 1 aromatic heterocycles. The summed E-state index contributed by atoms with van der Waals surface area (Å²) in [7, 11) is 0. The minimum atomic E-state index is -0.0562. The van der Waals surface area contributed by atoms with Crippen LogP contribution < -0.4 is 5.32 Å². The van der Waals surface area contributed by atoms with Crippen LogP contribution in [0.1, 0.15) is 29.9 Å². The normalized spacial score (nSPS) is 11.7. The highest BCUT2D eigenvalue weighted by Crippen LogP contribution is 2.25. The van der Waals surface area contributed by atoms with Crippen molar-refractivity contribution >= 4 is 17.3 Å². The lowest BCUT2D eigenvalue weighted by atomic mass is 10.1. The fourth-order valence-electron chi connectivity index (χ4n) is 1.88. The van der Waals surface area contributed by atoms with E-state index in [4.69, 9.17) is 16.9 Å². The van der Waals surface area contributed by atoms with Gasteiger partial charge in [-0.3, -0.25) is 9.97 Å². The number of hydrogen-bond acceptors (Lipinski definition) is 4. The molecule has 1 atom stereocenters. The number of nitriles is 1. The summed E-state index contributed by atoms with van der Waals surface area (Å²) >= 11 is 5.96. The highest BCUT2D eigenvalue weighted by Gasteiger charge is 2.12. The van der Waals surface area contributed by atoms with E-state index in [1.165, 1.54) is 0 Å². The van der Waals surface area contributed by atoms with Gasteiger partial charge in [-0.1, -0.05) is 11.6 Å². The number of rotatable bonds is 3. The van der Waals surface area contributed by atoms with E-state index in [2.05, 4.69) is 21.4 Å². The lowest BCUT2D eigenvalue weighted by molar-refractivity contribution is 0.809. The molecule has 1 heterocycles. The van der Waals surface area contributed by atoms with Gasteiger partial charge >= 0.3 is 0 Å². The zero-order chi connectivity index (χ0) is 13.8. The number of benzene rings is 1. The Labute approximate surface area is 117 Å². The van der Waals surface area contributed by atoms with Crippen LogP contribution in [0.15, 0.2) is 30.6 Å². The van der Waals surface area contributed by atoms with Gasteiger partial charge in [-0.05, 0) is 32.0 Å². The molecule has 4 nitrogen and oxygen atoms in total. The summed E-state index contributed by atoms with van der Waals surface area (Å²) in [5, 5.41) is 12.9. The number of hydrogen-bond donors (Lipinski definition) is 1. The van der Waals surface area contributed by atoms with Crippen molar-refractivity contribution in [3.63, 3.8) is 0 Å². The molecule has 0 saturated heterocycles. The van der Waals surface area contributed by atoms with E-state index in [0.717, 1.165) is 11.4 Å². The van der Waals surface area contributed by atoms with Crippen molar-refractivity contribution in [3.05, 3.63) is 52.6 Å². The molecule has 19 heavy (non-hydrogen) atoms. The van der Waals surface area contributed by atoms with Gasteiger partial charge < -0.3 is 5.32 Å². The zero-order valence-corrected chi connectivity index (χ0v) is 11.4. The van der Waals surface area contributed by atoms with Crippen molar-refractivity contribution in [2.75, 3.05) is 5.32 Å². The van der Waals surface area contributed by atoms with E-state index in [0.29, 0.717) is 16.3 Å². The first-order chi connectivity index (χ1) is 9.11. The van der Waals surface area contributed by atoms with Crippen LogP contribution in [-0.4, -0.2) is 9.97 Å². The fraction of sp³-hybridized carbons (Fsp3) is 0.214. The van der Waals surface area contributed by atoms with Crippen LogP contribution in [0.25, 0.3) is 0 Å². The standard InChI is InChI=1S/C14H13ClN4/c1-9-14(18-6-5-17-9)10(2)19-13-7-12(15)4-3-11(13)8-16/h3-7,10,19H,1-2H3. The molecule has 0 aliphatic heterocycles. The zero-order valence-electron chi connectivity index (χ0n) is 10.7. The third-order valence-electron chi connectivity index (χ3n) is 2.80. The number of nitrogens with zero attached hydrogens (tertiary/aromatic N) is 3. The first-order valence-electron chi connectivity index (χ1n) is 5.85. The van der Waals surface area contributed by atoms with E-state index < -0.39 is 0 Å². The average molecular weight is 273 g/mol. The Hall–Kier alpha value is -2.12. The Morgan fingerprint density at radius 3 is 2.74 bits per heavy atom. The molecule has 0 aliphatic rings. The molecular formula is C14H13ClN4. The maximum absolute atomic E-state index is 9.09. The van der Waals surface area contributed by atoms with Crippen LogP contribution in [-0.2, 0) is 0 Å². The monoisotopic (exact) mass is 272 g/mol. The largest absolute Gasteiger partial charge is 0.376 e. The molecule has 1 N–H and O–H groups in total. The van der Waals surface area contributed by atoms with Crippen molar-refractivity contribution in [1.29, 1.82) is 5.26 Å². The van der Waals surface area contributed by atoms with E-state index in [1.807, 2.05) is 13.8 Å². The lowest BCUT2D eigenvalue weighted by Crippen LogP contribution is -2.11. The minimum Gasteiger partial charge on any atom is -0.376 e. The Kier molecular flexibility index (Phi) is 3.98. The van der Waals surface area contributed by atoms with Crippen molar-refractivity contribution in [3.8, 4) is 6.07 Å². The van der Waals surface area contributed by atoms with Crippen molar-refractivity contribution < 1.29 is 0 Å². The first-order valence-corrected chi connectivity index (χ1v) is 6.23. The molecule has 0 amide bonds. The van der Waals surface area contributed by atoms with Crippen LogP contribution in [0.3, 0.4) is 0 Å². The van der Waals surface area contributed by atoms with Crippen LogP contribution >= 0.6 is 11.6 Å². The number of nitrogens with one attached hydrogen (secondary N) is 1. The molecule has 0 aliphatic carbocycles. The smallest absolute Gasteiger partial charge is 0.101 e. The van der Waals surface area contributed by atoms with Gasteiger partial charge in [0.05, 0.1) is 28.7 Å². The predicted octanol–water partition coefficient (Wildman–Crippen LogP) is 3.48. The molecule has 0 fully saturated rings. The molecule has 5 heteroatoms. The van der Waals surface area contributed by atoms with Gasteiger partial charge in [0.2, 0.25) is 0 Å². The lowest BCUT2D eigenvalue weighted by Gasteiger charge is -2.17. The highest BCUT2D eigenvalue weighted by atomic mass is 35.5. The van der Waals surface area contributed by atoms with Gasteiger partial charge in [-0.15, -0.1) is 0 Å². The first kappa shape index (κ1) is 13.3. The summed E-state index contributed by atoms with van der Waals surface area (Å²) in [6.07, 6.45) is 3.31. The van der Waals surface area contributed by atoms with Gasteiger partial charge in [0.25, 0.3) is 0 Å². The number of aromatic nitrogens is 2. The summed E-state index contributed by atoms with van der Waals surface area (Å²) in [6, 6.07) is 7.21. The summed E-state index contributed by atoms with van der Waals surface area (Å²) < 4.78 is 0. The van der Waals surface area contributed by atoms with Crippen molar-refractivity contribution in [2.45, 2.75) is 19.9 Å². The molecule has 0 bridgehead atoms. The molecule has 2 aromatic rings. The second-order valence-corrected chi connectivity index (χ2v) is 4.63. The maximum atomic E-state index is 9.09. The summed E-state index contributed by atoms with van der Waals surface area (Å²) in [4.78, 5) is 8.52. The molecule has 1 aromatic carbocycles. The SMILES string of the molecule is Cc1nccnc1C(C)Nc1cc(Cl)ccc1C#N. The van der Waals surface area contributed by atoms with Gasteiger partial charge in [0, 0.05) is 17.4 Å². The number of anilines is 1. The second-order valence-electron chi connectivity index (χ2n) is 4.19. The van der Waals surface area contributed by atoms with Crippen LogP contribution in [0, 0.1) is 18.3 Å². The third-order valence-corrected chi connectivity index (χ3v) is 3.04. The van der Waals surface area contributed by atoms with Gasteiger partial charge in [0.15, 0.2) is 0 Å². The Morgan fingerprint density at radius 2 is 2.05 bits per heavy atom. The number of halogens is 1. The van der Waals surface area contributed by atoms with E-state index in [9.17, 15) is 0 Å². The third kappa shape index (κ3) is 3.01. The molecule has 96 valence electrons. The highest BCUT2D eigenvalue weighted by molar-refractivity contribution is 6.30. The molecule has 2 rings (SSSR count). The van der Waals surface area contributed by atoms with Gasteiger partial charge in [0.1, 0.15) is 6.07 Å². The van der Waals surface area contributed by atoms with Gasteiger partial charge in [-0.25, -0.2) is 0 Å². The summed E-state index contributed by atoms with van der Waals surface area (Å²) in [5.41, 5.74) is 2.97. The fourth-order valence-corrected chi connectivity index (χ4v) is 2.05. The van der Waals surface area contributed by atoms with Crippen molar-refractivity contribution in [1.82, 2.24) is 9.97 Å². The minimum absolute atomic E-state index is 0.0562. The van der Waals surface area contributed by atoms with E-state index in [-0.39, 0.29) is 6.04 Å². The van der Waals surface area contributed by atoms with Crippen molar-refractivity contribution in [2.24, 2.45) is 0 Å². The Morgan fingerprint density at radius 1 is 1.32 bits per heavy atom. The van der Waals surface area contributed by atoms with Crippen LogP contribution in [0.4, 0.5) is 5.69 Å². The molecule has 0 saturated carbocycles. The summed E-state index contributed by atoms with van der Waals surface area (Å²) in [6.45, 7) is 3.88. The van der Waals surface area contributed by atoms with Crippen LogP contribution in [0.5, 0.6) is 0 Å². The quantitative estimate of drug-likeness (QED) is 0.929. The molecule has 0 radical (unpaired) electrons. The number of aryl methyl sites for hydroxylation is 1. The predicted molar refractivity (Wildman–Crippen MR) is 75.0 cm³/mol. The van der Waals surface area contributed by atoms with Gasteiger partial charge in [-0.2, -0.15) is 5.26 Å². The Balaban J connectivity index is 2.29. The van der Waals surface area contributed by atoms with E-state index in [1.54, 1.807) is 30.6 Å². The molecule has 1 unspecified atom stereocenters. The molecular weight excluding hydrogens is 260 g/mol. The maximum Gasteiger partial charge on any atom is 0.101 e. The topological polar surface area (TPSA) is 61.6 Å². The second kappa shape index (κ2) is 5.68. The summed E-state index contributed by atoms with van der Waals surface area (Å²) in [5.74, 6) is 0. The Bertz CT molecular complexity index is 634. The molecule has 0 spiro atoms. The average Bonchev–Trinajstić information content (AvgIpc) is 2.39. The van der Waals surface area contributed by atoms with E-state index >= 15 is 0 Å².